The van der Waals surface area contributed by atoms with Crippen molar-refractivity contribution in [1.82, 2.24) is 19.8 Å². The second-order valence-electron chi connectivity index (χ2n) is 11.1. The predicted octanol–water partition coefficient (Wildman–Crippen LogP) is 4.77. The number of aliphatic hydroxyl groups is 1. The van der Waals surface area contributed by atoms with Crippen LogP contribution in [0.5, 0.6) is 0 Å². The van der Waals surface area contributed by atoms with E-state index in [0.29, 0.717) is 12.0 Å². The number of benzene rings is 1. The number of likely N-dealkylation sites (tertiary alicyclic amines) is 2. The maximum Gasteiger partial charge on any atom is 0.151 e. The van der Waals surface area contributed by atoms with Crippen molar-refractivity contribution in [3.63, 3.8) is 0 Å². The smallest absolute Gasteiger partial charge is 0.151 e. The minimum atomic E-state index is -0.150. The summed E-state index contributed by atoms with van der Waals surface area (Å²) in [4.78, 5) is 14.7. The van der Waals surface area contributed by atoms with Gasteiger partial charge in [-0.3, -0.25) is 4.98 Å². The number of aryl methyl sites for hydroxylation is 1. The third kappa shape index (κ3) is 6.36. The molecule has 1 aliphatic carbocycles. The predicted molar refractivity (Wildman–Crippen MR) is 147 cm³/mol. The number of nitrogens with zero attached hydrogens (tertiary/aromatic N) is 4. The molecule has 3 aliphatic rings. The van der Waals surface area contributed by atoms with Crippen LogP contribution in [0.1, 0.15) is 75.5 Å². The van der Waals surface area contributed by atoms with E-state index in [1.807, 2.05) is 6.20 Å². The Morgan fingerprint density at radius 2 is 1.61 bits per heavy atom. The van der Waals surface area contributed by atoms with Gasteiger partial charge >= 0.3 is 0 Å². The molecule has 1 saturated carbocycles. The van der Waals surface area contributed by atoms with Gasteiger partial charge in [-0.2, -0.15) is 0 Å². The lowest BCUT2D eigenvalue weighted by atomic mass is 9.88. The minimum absolute atomic E-state index is 0.150. The molecule has 2 aromatic rings. The van der Waals surface area contributed by atoms with Gasteiger partial charge in [0.1, 0.15) is 5.82 Å². The first-order valence-electron chi connectivity index (χ1n) is 14.2. The maximum atomic E-state index is 9.81. The first kappa shape index (κ1) is 25.4. The van der Waals surface area contributed by atoms with Gasteiger partial charge in [-0.1, -0.05) is 19.1 Å². The average Bonchev–Trinajstić information content (AvgIpc) is 2.91. The topological polar surface area (TPSA) is 76.6 Å². The zero-order chi connectivity index (χ0) is 24.9. The van der Waals surface area contributed by atoms with E-state index in [2.05, 4.69) is 63.7 Å². The van der Waals surface area contributed by atoms with E-state index >= 15 is 0 Å². The molecule has 36 heavy (non-hydrogen) atoms. The van der Waals surface area contributed by atoms with Gasteiger partial charge in [0.15, 0.2) is 5.82 Å². The molecule has 7 heteroatoms. The molecule has 7 nitrogen and oxygen atoms in total. The SMILES string of the molecule is CCc1ncc(Nc2ccc(C3CCN(C4CCN(C)CC4)CC3)cc2)nc1NC1CCC(O)CC1. The van der Waals surface area contributed by atoms with Crippen molar-refractivity contribution < 1.29 is 5.11 Å². The number of aromatic nitrogens is 2. The van der Waals surface area contributed by atoms with Gasteiger partial charge in [-0.05, 0) is 115 Å². The zero-order valence-corrected chi connectivity index (χ0v) is 22.1. The fraction of sp³-hybridized carbons (Fsp3) is 0.655. The van der Waals surface area contributed by atoms with Gasteiger partial charge in [0, 0.05) is 17.8 Å². The lowest BCUT2D eigenvalue weighted by Gasteiger charge is -2.41. The van der Waals surface area contributed by atoms with E-state index < -0.39 is 0 Å². The van der Waals surface area contributed by atoms with Gasteiger partial charge in [-0.25, -0.2) is 4.98 Å². The Bertz CT molecular complexity index is 958. The molecule has 3 N–H and O–H groups in total. The molecule has 0 unspecified atom stereocenters. The summed E-state index contributed by atoms with van der Waals surface area (Å²) in [6.45, 7) is 7.06. The quantitative estimate of drug-likeness (QED) is 0.514. The van der Waals surface area contributed by atoms with Crippen molar-refractivity contribution in [2.24, 2.45) is 0 Å². The normalized spacial score (nSPS) is 25.1. The Kier molecular flexibility index (Phi) is 8.40. The molecular weight excluding hydrogens is 448 g/mol. The van der Waals surface area contributed by atoms with Gasteiger partial charge < -0.3 is 25.5 Å². The van der Waals surface area contributed by atoms with Crippen molar-refractivity contribution in [3.05, 3.63) is 41.7 Å². The van der Waals surface area contributed by atoms with Crippen molar-refractivity contribution in [2.45, 2.75) is 88.8 Å². The number of anilines is 3. The number of aliphatic hydroxyl groups excluding tert-OH is 1. The average molecular weight is 493 g/mol. The highest BCUT2D eigenvalue weighted by molar-refractivity contribution is 5.58. The molecule has 3 fully saturated rings. The molecule has 0 spiro atoms. The lowest BCUT2D eigenvalue weighted by molar-refractivity contribution is 0.0966. The molecule has 0 radical (unpaired) electrons. The summed E-state index contributed by atoms with van der Waals surface area (Å²) >= 11 is 0. The van der Waals surface area contributed by atoms with Crippen molar-refractivity contribution in [1.29, 1.82) is 0 Å². The second kappa shape index (κ2) is 11.9. The highest BCUT2D eigenvalue weighted by Gasteiger charge is 2.28. The second-order valence-corrected chi connectivity index (χ2v) is 11.1. The number of rotatable bonds is 7. The first-order valence-corrected chi connectivity index (χ1v) is 14.2. The summed E-state index contributed by atoms with van der Waals surface area (Å²) < 4.78 is 0. The molecule has 196 valence electrons. The highest BCUT2D eigenvalue weighted by atomic mass is 16.3. The Morgan fingerprint density at radius 1 is 0.917 bits per heavy atom. The molecular formula is C29H44N6O. The van der Waals surface area contributed by atoms with Crippen LogP contribution < -0.4 is 10.6 Å². The van der Waals surface area contributed by atoms with Crippen LogP contribution in [0.3, 0.4) is 0 Å². The van der Waals surface area contributed by atoms with Crippen molar-refractivity contribution in [3.8, 4) is 0 Å². The molecule has 0 bridgehead atoms. The highest BCUT2D eigenvalue weighted by Crippen LogP contribution is 2.32. The standard InChI is InChI=1S/C29H44N6O/c1-3-27-29(32-24-8-10-26(36)11-9-24)33-28(20-30-27)31-23-6-4-21(5-7-23)22-12-18-35(19-13-22)25-14-16-34(2)17-15-25/h4-7,20,22,24-26,36H,3,8-19H2,1-2H3,(H2,31,32,33). The van der Waals surface area contributed by atoms with Gasteiger partial charge in [-0.15, -0.1) is 0 Å². The van der Waals surface area contributed by atoms with Crippen LogP contribution in [0.2, 0.25) is 0 Å². The van der Waals surface area contributed by atoms with Crippen LogP contribution >= 0.6 is 0 Å². The van der Waals surface area contributed by atoms with E-state index in [-0.39, 0.29) is 6.10 Å². The number of nitrogens with one attached hydrogen (secondary N) is 2. The summed E-state index contributed by atoms with van der Waals surface area (Å²) in [5.74, 6) is 2.30. The Balaban J connectivity index is 1.16. The summed E-state index contributed by atoms with van der Waals surface area (Å²) in [7, 11) is 2.24. The van der Waals surface area contributed by atoms with Crippen LogP contribution in [-0.4, -0.2) is 76.3 Å². The molecule has 1 aromatic heterocycles. The summed E-state index contributed by atoms with van der Waals surface area (Å²) in [5, 5.41) is 16.9. The van der Waals surface area contributed by atoms with Crippen LogP contribution in [0.25, 0.3) is 0 Å². The summed E-state index contributed by atoms with van der Waals surface area (Å²) in [5.41, 5.74) is 3.50. The van der Waals surface area contributed by atoms with Crippen LogP contribution in [-0.2, 0) is 6.42 Å². The Morgan fingerprint density at radius 3 is 2.28 bits per heavy atom. The minimum Gasteiger partial charge on any atom is -0.393 e. The number of hydrogen-bond acceptors (Lipinski definition) is 7. The molecule has 0 amide bonds. The molecule has 2 aliphatic heterocycles. The maximum absolute atomic E-state index is 9.81. The third-order valence-corrected chi connectivity index (χ3v) is 8.61. The molecule has 1 aromatic carbocycles. The van der Waals surface area contributed by atoms with Gasteiger partial charge in [0.05, 0.1) is 18.0 Å². The molecule has 2 saturated heterocycles. The van der Waals surface area contributed by atoms with Gasteiger partial charge in [0.2, 0.25) is 0 Å². The summed E-state index contributed by atoms with van der Waals surface area (Å²) in [6, 6.07) is 10.1. The molecule has 3 heterocycles. The summed E-state index contributed by atoms with van der Waals surface area (Å²) in [6.07, 6.45) is 11.4. The van der Waals surface area contributed by atoms with Crippen LogP contribution in [0, 0.1) is 0 Å². The number of piperidine rings is 2. The van der Waals surface area contributed by atoms with E-state index in [1.165, 1.54) is 57.4 Å². The monoisotopic (exact) mass is 492 g/mol. The van der Waals surface area contributed by atoms with E-state index in [9.17, 15) is 5.11 Å². The Hall–Kier alpha value is -2.22. The van der Waals surface area contributed by atoms with Crippen LogP contribution in [0.4, 0.5) is 17.3 Å². The zero-order valence-electron chi connectivity index (χ0n) is 22.1. The van der Waals surface area contributed by atoms with E-state index in [0.717, 1.165) is 61.2 Å². The third-order valence-electron chi connectivity index (χ3n) is 8.61. The number of hydrogen-bond donors (Lipinski definition) is 3. The largest absolute Gasteiger partial charge is 0.393 e. The van der Waals surface area contributed by atoms with Gasteiger partial charge in [0.25, 0.3) is 0 Å². The fourth-order valence-corrected chi connectivity index (χ4v) is 6.21. The van der Waals surface area contributed by atoms with Crippen molar-refractivity contribution >= 4 is 17.3 Å². The first-order chi connectivity index (χ1) is 17.6. The molecule has 0 atom stereocenters. The van der Waals surface area contributed by atoms with E-state index in [4.69, 9.17) is 4.98 Å². The Labute approximate surface area is 216 Å². The lowest BCUT2D eigenvalue weighted by Crippen LogP contribution is -2.46. The fourth-order valence-electron chi connectivity index (χ4n) is 6.21. The van der Waals surface area contributed by atoms with Crippen molar-refractivity contribution in [2.75, 3.05) is 43.9 Å². The van der Waals surface area contributed by atoms with Crippen LogP contribution in [0.15, 0.2) is 30.5 Å². The molecule has 5 rings (SSSR count). The van der Waals surface area contributed by atoms with E-state index in [1.54, 1.807) is 0 Å².